The Morgan fingerprint density at radius 3 is 2.38 bits per heavy atom. The molecule has 76 valence electrons. The van der Waals surface area contributed by atoms with Gasteiger partial charge >= 0.3 is 0 Å². The number of hydrogen-bond acceptors (Lipinski definition) is 1. The van der Waals surface area contributed by atoms with Crippen LogP contribution in [0.15, 0.2) is 0 Å². The third kappa shape index (κ3) is 1.65. The zero-order chi connectivity index (χ0) is 9.59. The Kier molecular flexibility index (Phi) is 2.90. The summed E-state index contributed by atoms with van der Waals surface area (Å²) < 4.78 is 0.815. The van der Waals surface area contributed by atoms with Gasteiger partial charge in [0.05, 0.1) is 0 Å². The first-order valence-corrected chi connectivity index (χ1v) is 6.77. The fourth-order valence-electron chi connectivity index (χ4n) is 3.44. The van der Waals surface area contributed by atoms with Crippen molar-refractivity contribution in [2.45, 2.75) is 62.1 Å². The normalized spacial score (nSPS) is 41.8. The van der Waals surface area contributed by atoms with E-state index >= 15 is 0 Å². The number of likely N-dealkylation sites (tertiary alicyclic amines) is 1. The number of fused-ring (bicyclic) bond motifs is 2. The van der Waals surface area contributed by atoms with Crippen LogP contribution in [0.2, 0.25) is 0 Å². The van der Waals surface area contributed by atoms with Crippen LogP contribution in [0.5, 0.6) is 0 Å². The van der Waals surface area contributed by atoms with Crippen LogP contribution in [0, 0.1) is 5.92 Å². The van der Waals surface area contributed by atoms with Gasteiger partial charge in [-0.15, -0.1) is 0 Å². The summed E-state index contributed by atoms with van der Waals surface area (Å²) in [6.07, 6.45) is 4.44. The first-order valence-electron chi connectivity index (χ1n) is 5.52. The van der Waals surface area contributed by atoms with Gasteiger partial charge in [-0.1, -0.05) is 29.5 Å². The van der Waals surface area contributed by atoms with Gasteiger partial charge in [-0.25, -0.2) is 0 Å². The third-order valence-electron chi connectivity index (χ3n) is 3.76. The maximum absolute atomic E-state index is 2.78. The predicted octanol–water partition coefficient (Wildman–Crippen LogP) is 3.07. The van der Waals surface area contributed by atoms with Crippen LogP contribution in [0.3, 0.4) is 0 Å². The van der Waals surface area contributed by atoms with Gasteiger partial charge in [0.2, 0.25) is 0 Å². The lowest BCUT2D eigenvalue weighted by Crippen LogP contribution is -2.48. The molecule has 3 unspecified atom stereocenters. The Balaban J connectivity index is 2.15. The molecule has 1 nitrogen and oxygen atoms in total. The Bertz CT molecular complexity index is 171. The van der Waals surface area contributed by atoms with E-state index in [-0.39, 0.29) is 0 Å². The lowest BCUT2D eigenvalue weighted by atomic mass is 9.95. The number of nitrogens with zero attached hydrogens (tertiary/aromatic N) is 1. The molecular weight excluding hydrogens is 273 g/mol. The molecule has 0 spiro atoms. The van der Waals surface area contributed by atoms with Gasteiger partial charge in [0, 0.05) is 22.1 Å². The summed E-state index contributed by atoms with van der Waals surface area (Å²) in [6, 6.07) is 2.55. The molecule has 2 bridgehead atoms. The topological polar surface area (TPSA) is 3.24 Å². The Hall–Kier alpha value is 0.690. The van der Waals surface area contributed by atoms with Crippen molar-refractivity contribution in [2.24, 2.45) is 5.92 Å². The number of rotatable bonds is 2. The number of hydrogen-bond donors (Lipinski definition) is 0. The maximum Gasteiger partial charge on any atom is 0.0245 e. The van der Waals surface area contributed by atoms with Gasteiger partial charge in [0.25, 0.3) is 0 Å². The summed E-state index contributed by atoms with van der Waals surface area (Å²) in [4.78, 5) is 2.78. The van der Waals surface area contributed by atoms with E-state index in [1.807, 2.05) is 0 Å². The van der Waals surface area contributed by atoms with E-state index in [4.69, 9.17) is 0 Å². The third-order valence-corrected chi connectivity index (χ3v) is 4.50. The van der Waals surface area contributed by atoms with Crippen LogP contribution in [0.25, 0.3) is 0 Å². The van der Waals surface area contributed by atoms with Gasteiger partial charge < -0.3 is 0 Å². The molecule has 0 N–H and O–H groups in total. The molecular formula is C11H20IN. The average Bonchev–Trinajstić information content (AvgIpc) is 2.60. The van der Waals surface area contributed by atoms with Gasteiger partial charge in [0.15, 0.2) is 0 Å². The molecule has 1 saturated heterocycles. The first kappa shape index (κ1) is 10.2. The molecule has 2 heteroatoms. The van der Waals surface area contributed by atoms with E-state index < -0.39 is 0 Å². The summed E-state index contributed by atoms with van der Waals surface area (Å²) >= 11 is 2.61. The highest BCUT2D eigenvalue weighted by molar-refractivity contribution is 14.1. The molecule has 2 aliphatic rings. The zero-order valence-electron chi connectivity index (χ0n) is 8.83. The van der Waals surface area contributed by atoms with Crippen LogP contribution >= 0.6 is 22.6 Å². The molecule has 4 atom stereocenters. The van der Waals surface area contributed by atoms with Crippen molar-refractivity contribution in [1.82, 2.24) is 4.90 Å². The number of halogens is 1. The van der Waals surface area contributed by atoms with E-state index in [0.29, 0.717) is 0 Å². The second-order valence-electron chi connectivity index (χ2n) is 4.94. The molecule has 2 fully saturated rings. The van der Waals surface area contributed by atoms with Crippen LogP contribution in [0.1, 0.15) is 40.0 Å². The monoisotopic (exact) mass is 293 g/mol. The van der Waals surface area contributed by atoms with E-state index in [0.717, 1.165) is 28.0 Å². The van der Waals surface area contributed by atoms with Gasteiger partial charge in [-0.05, 0) is 39.0 Å². The van der Waals surface area contributed by atoms with Crippen LogP contribution < -0.4 is 0 Å². The molecule has 1 heterocycles. The molecule has 1 aliphatic heterocycles. The van der Waals surface area contributed by atoms with E-state index in [2.05, 4.69) is 48.3 Å². The summed E-state index contributed by atoms with van der Waals surface area (Å²) in [5.74, 6) is 1.01. The second-order valence-corrected chi connectivity index (χ2v) is 6.90. The van der Waals surface area contributed by atoms with Crippen LogP contribution in [-0.4, -0.2) is 27.0 Å². The summed E-state index contributed by atoms with van der Waals surface area (Å²) in [5, 5.41) is 0. The molecule has 13 heavy (non-hydrogen) atoms. The Morgan fingerprint density at radius 1 is 1.23 bits per heavy atom. The van der Waals surface area contributed by atoms with E-state index in [9.17, 15) is 0 Å². The molecule has 0 aromatic rings. The van der Waals surface area contributed by atoms with Gasteiger partial charge in [-0.3, -0.25) is 4.90 Å². The van der Waals surface area contributed by atoms with Crippen LogP contribution in [-0.2, 0) is 0 Å². The predicted molar refractivity (Wildman–Crippen MR) is 65.4 cm³/mol. The highest BCUT2D eigenvalue weighted by Gasteiger charge is 2.47. The van der Waals surface area contributed by atoms with E-state index in [1.54, 1.807) is 0 Å². The fraction of sp³-hybridized carbons (Fsp3) is 1.00. The quantitative estimate of drug-likeness (QED) is 0.558. The first-order chi connectivity index (χ1) is 6.11. The van der Waals surface area contributed by atoms with Crippen molar-refractivity contribution in [3.63, 3.8) is 0 Å². The Labute approximate surface area is 95.4 Å². The molecule has 0 amide bonds. The molecule has 2 rings (SSSR count). The van der Waals surface area contributed by atoms with Crippen molar-refractivity contribution in [2.75, 3.05) is 0 Å². The fourth-order valence-corrected chi connectivity index (χ4v) is 4.40. The highest BCUT2D eigenvalue weighted by Crippen LogP contribution is 2.45. The van der Waals surface area contributed by atoms with Crippen molar-refractivity contribution in [3.05, 3.63) is 0 Å². The van der Waals surface area contributed by atoms with Gasteiger partial charge in [-0.2, -0.15) is 0 Å². The minimum absolute atomic E-state index is 0.748. The lowest BCUT2D eigenvalue weighted by molar-refractivity contribution is 0.106. The van der Waals surface area contributed by atoms with Crippen molar-refractivity contribution < 1.29 is 0 Å². The average molecular weight is 293 g/mol. The van der Waals surface area contributed by atoms with Crippen molar-refractivity contribution >= 4 is 22.6 Å². The number of alkyl halides is 1. The summed E-state index contributed by atoms with van der Waals surface area (Å²) in [7, 11) is 0. The maximum atomic E-state index is 2.78. The minimum atomic E-state index is 0.748. The standard InChI is InChI=1S/C11H20IN/c1-7(2)13-10-5-4-9(6-10)11(13)8(3)12/h7-11H,4-6H2,1-3H3/t8?,9?,10?,11-/m1/s1. The molecule has 1 saturated carbocycles. The van der Waals surface area contributed by atoms with E-state index in [1.165, 1.54) is 19.3 Å². The SMILES string of the molecule is CC(I)[C@@H]1C2CCC(C2)N1C(C)C. The van der Waals surface area contributed by atoms with Crippen molar-refractivity contribution in [3.8, 4) is 0 Å². The van der Waals surface area contributed by atoms with Crippen molar-refractivity contribution in [1.29, 1.82) is 0 Å². The highest BCUT2D eigenvalue weighted by atomic mass is 127. The Morgan fingerprint density at radius 2 is 1.92 bits per heavy atom. The largest absolute Gasteiger partial charge is 0.294 e. The molecule has 0 aromatic heterocycles. The van der Waals surface area contributed by atoms with Crippen LogP contribution in [0.4, 0.5) is 0 Å². The lowest BCUT2D eigenvalue weighted by Gasteiger charge is -2.39. The van der Waals surface area contributed by atoms with Gasteiger partial charge in [0.1, 0.15) is 0 Å². The minimum Gasteiger partial charge on any atom is -0.294 e. The summed E-state index contributed by atoms with van der Waals surface area (Å²) in [6.45, 7) is 7.08. The molecule has 1 aliphatic carbocycles. The zero-order valence-corrected chi connectivity index (χ0v) is 11.0. The molecule has 0 radical (unpaired) electrons. The second kappa shape index (κ2) is 3.69. The smallest absolute Gasteiger partial charge is 0.0245 e. The summed E-state index contributed by atoms with van der Waals surface area (Å²) in [5.41, 5.74) is 0. The number of piperidine rings is 1. The molecule has 0 aromatic carbocycles.